The van der Waals surface area contributed by atoms with Crippen LogP contribution in [0.1, 0.15) is 21.7 Å². The molecule has 15 heavy (non-hydrogen) atoms. The zero-order chi connectivity index (χ0) is 11.2. The molecule has 5 heteroatoms. The summed E-state index contributed by atoms with van der Waals surface area (Å²) in [6.45, 7) is 3.43. The first-order valence-electron chi connectivity index (χ1n) is 4.46. The van der Waals surface area contributed by atoms with Gasteiger partial charge in [0.05, 0.1) is 5.52 Å². The Morgan fingerprint density at radius 1 is 1.40 bits per heavy atom. The Kier molecular flexibility index (Phi) is 1.89. The second kappa shape index (κ2) is 2.98. The minimum Gasteiger partial charge on any atom is -0.477 e. The highest BCUT2D eigenvalue weighted by Gasteiger charge is 2.15. The van der Waals surface area contributed by atoms with Crippen molar-refractivity contribution in [2.45, 2.75) is 13.8 Å². The van der Waals surface area contributed by atoms with Crippen LogP contribution in [-0.4, -0.2) is 20.5 Å². The second-order valence-electron chi connectivity index (χ2n) is 3.50. The van der Waals surface area contributed by atoms with Gasteiger partial charge in [0.15, 0.2) is 0 Å². The Morgan fingerprint density at radius 2 is 2.07 bits per heavy atom. The molecule has 2 heterocycles. The number of rotatable bonds is 1. The Morgan fingerprint density at radius 3 is 2.67 bits per heavy atom. The minimum absolute atomic E-state index is 0.0197. The number of H-pyrrole nitrogens is 1. The van der Waals surface area contributed by atoms with Crippen molar-refractivity contribution in [1.29, 1.82) is 0 Å². The second-order valence-corrected chi connectivity index (χ2v) is 3.50. The number of aromatic amines is 1. The average molecular weight is 206 g/mol. The van der Waals surface area contributed by atoms with Crippen LogP contribution in [0.25, 0.3) is 5.52 Å². The normalized spacial score (nSPS) is 10.8. The minimum atomic E-state index is -1.10. The molecule has 0 saturated carbocycles. The van der Waals surface area contributed by atoms with E-state index in [1.165, 1.54) is 4.40 Å². The predicted octanol–water partition coefficient (Wildman–Crippen LogP) is 0.943. The number of carboxylic acid groups (broad SMARTS) is 1. The third-order valence-corrected chi connectivity index (χ3v) is 2.29. The molecule has 78 valence electrons. The summed E-state index contributed by atoms with van der Waals surface area (Å²) in [6.07, 6.45) is 0. The van der Waals surface area contributed by atoms with Crippen molar-refractivity contribution in [2.75, 3.05) is 0 Å². The lowest BCUT2D eigenvalue weighted by Gasteiger charge is -1.99. The summed E-state index contributed by atoms with van der Waals surface area (Å²) >= 11 is 0. The number of carbonyl (C=O) groups is 1. The van der Waals surface area contributed by atoms with E-state index in [-0.39, 0.29) is 5.69 Å². The van der Waals surface area contributed by atoms with Crippen molar-refractivity contribution in [3.05, 3.63) is 39.6 Å². The highest BCUT2D eigenvalue weighted by atomic mass is 16.4. The quantitative estimate of drug-likeness (QED) is 0.729. The molecular weight excluding hydrogens is 196 g/mol. The smallest absolute Gasteiger partial charge is 0.353 e. The molecule has 2 aromatic rings. The van der Waals surface area contributed by atoms with Gasteiger partial charge < -0.3 is 10.1 Å². The zero-order valence-electron chi connectivity index (χ0n) is 8.37. The fraction of sp³-hybridized carbons (Fsp3) is 0.200. The molecule has 0 fully saturated rings. The maximum atomic E-state index is 11.6. The summed E-state index contributed by atoms with van der Waals surface area (Å²) in [6, 6.07) is 3.42. The molecule has 0 aromatic carbocycles. The standard InChI is InChI=1S/C10H10N2O3/c1-5-3-7-4-6(2)11-10(15)12(7)8(5)9(13)14/h3-4H,1-2H3,(H,11,15)(H,13,14). The molecule has 0 unspecified atom stereocenters. The van der Waals surface area contributed by atoms with Crippen molar-refractivity contribution in [1.82, 2.24) is 9.38 Å². The van der Waals surface area contributed by atoms with E-state index in [0.29, 0.717) is 16.8 Å². The van der Waals surface area contributed by atoms with Crippen LogP contribution in [-0.2, 0) is 0 Å². The van der Waals surface area contributed by atoms with E-state index in [1.54, 1.807) is 26.0 Å². The Hall–Kier alpha value is -2.04. The first-order valence-corrected chi connectivity index (χ1v) is 4.46. The monoisotopic (exact) mass is 206 g/mol. The molecule has 0 aliphatic carbocycles. The van der Waals surface area contributed by atoms with Gasteiger partial charge in [-0.05, 0) is 31.5 Å². The summed E-state index contributed by atoms with van der Waals surface area (Å²) in [7, 11) is 0. The van der Waals surface area contributed by atoms with Crippen molar-refractivity contribution in [2.24, 2.45) is 0 Å². The van der Waals surface area contributed by atoms with Gasteiger partial charge >= 0.3 is 11.7 Å². The predicted molar refractivity (Wildman–Crippen MR) is 54.5 cm³/mol. The van der Waals surface area contributed by atoms with Gasteiger partial charge in [0.1, 0.15) is 5.69 Å². The van der Waals surface area contributed by atoms with Crippen LogP contribution in [0.5, 0.6) is 0 Å². The van der Waals surface area contributed by atoms with Gasteiger partial charge in [0, 0.05) is 5.69 Å². The fourth-order valence-electron chi connectivity index (χ4n) is 1.73. The highest BCUT2D eigenvalue weighted by Crippen LogP contribution is 2.13. The number of fused-ring (bicyclic) bond motifs is 1. The number of hydrogen-bond donors (Lipinski definition) is 2. The molecule has 0 saturated heterocycles. The van der Waals surface area contributed by atoms with Gasteiger partial charge in [0.25, 0.3) is 0 Å². The van der Waals surface area contributed by atoms with Crippen molar-refractivity contribution >= 4 is 11.5 Å². The summed E-state index contributed by atoms with van der Waals surface area (Å²) in [5, 5.41) is 8.97. The molecule has 0 amide bonds. The molecule has 2 rings (SSSR count). The summed E-state index contributed by atoms with van der Waals surface area (Å²) < 4.78 is 1.17. The van der Waals surface area contributed by atoms with Crippen LogP contribution in [0.4, 0.5) is 0 Å². The Balaban J connectivity index is 3.00. The summed E-state index contributed by atoms with van der Waals surface area (Å²) in [4.78, 5) is 25.1. The lowest BCUT2D eigenvalue weighted by atomic mass is 10.3. The summed E-state index contributed by atoms with van der Waals surface area (Å²) in [5.74, 6) is -1.10. The Labute approximate surface area is 85.0 Å². The van der Waals surface area contributed by atoms with Crippen molar-refractivity contribution in [3.8, 4) is 0 Å². The maximum Gasteiger partial charge on any atom is 0.353 e. The van der Waals surface area contributed by atoms with Crippen molar-refractivity contribution in [3.63, 3.8) is 0 Å². The van der Waals surface area contributed by atoms with E-state index in [2.05, 4.69) is 4.98 Å². The van der Waals surface area contributed by atoms with Gasteiger partial charge in [-0.25, -0.2) is 9.59 Å². The molecular formula is C10H10N2O3. The van der Waals surface area contributed by atoms with Crippen molar-refractivity contribution < 1.29 is 9.90 Å². The molecule has 0 bridgehead atoms. The highest BCUT2D eigenvalue weighted by molar-refractivity contribution is 5.89. The van der Waals surface area contributed by atoms with Gasteiger partial charge in [0.2, 0.25) is 0 Å². The number of nitrogens with one attached hydrogen (secondary N) is 1. The molecule has 0 aliphatic rings. The molecule has 5 nitrogen and oxygen atoms in total. The van der Waals surface area contributed by atoms with Gasteiger partial charge in [-0.15, -0.1) is 0 Å². The van der Waals surface area contributed by atoms with E-state index in [0.717, 1.165) is 0 Å². The average Bonchev–Trinajstić information content (AvgIpc) is 2.40. The fourth-order valence-corrected chi connectivity index (χ4v) is 1.73. The molecule has 2 aromatic heterocycles. The number of aryl methyl sites for hydroxylation is 2. The lowest BCUT2D eigenvalue weighted by molar-refractivity contribution is 0.0688. The third-order valence-electron chi connectivity index (χ3n) is 2.29. The van der Waals surface area contributed by atoms with Gasteiger partial charge in [-0.1, -0.05) is 0 Å². The van der Waals surface area contributed by atoms with Crippen LogP contribution >= 0.6 is 0 Å². The van der Waals surface area contributed by atoms with E-state index >= 15 is 0 Å². The lowest BCUT2D eigenvalue weighted by Crippen LogP contribution is -2.21. The number of carboxylic acids is 1. The first-order chi connectivity index (χ1) is 7.00. The maximum absolute atomic E-state index is 11.6. The van der Waals surface area contributed by atoms with Crippen LogP contribution in [0.15, 0.2) is 16.9 Å². The number of nitrogens with zero attached hydrogens (tertiary/aromatic N) is 1. The zero-order valence-corrected chi connectivity index (χ0v) is 8.37. The topological polar surface area (TPSA) is 74.6 Å². The van der Waals surface area contributed by atoms with E-state index in [4.69, 9.17) is 5.11 Å². The van der Waals surface area contributed by atoms with Crippen LogP contribution < -0.4 is 5.69 Å². The van der Waals surface area contributed by atoms with Gasteiger partial charge in [-0.2, -0.15) is 0 Å². The molecule has 0 atom stereocenters. The molecule has 0 spiro atoms. The van der Waals surface area contributed by atoms with Crippen LogP contribution in [0.2, 0.25) is 0 Å². The molecule has 2 N–H and O–H groups in total. The first kappa shape index (κ1) is 9.51. The van der Waals surface area contributed by atoms with Crippen LogP contribution in [0.3, 0.4) is 0 Å². The number of aromatic carboxylic acids is 1. The van der Waals surface area contributed by atoms with E-state index in [1.807, 2.05) is 0 Å². The van der Waals surface area contributed by atoms with Crippen LogP contribution in [0, 0.1) is 13.8 Å². The van der Waals surface area contributed by atoms with Gasteiger partial charge in [-0.3, -0.25) is 4.40 Å². The van der Waals surface area contributed by atoms with E-state index < -0.39 is 11.7 Å². The molecule has 0 aliphatic heterocycles. The number of hydrogen-bond acceptors (Lipinski definition) is 2. The SMILES string of the molecule is Cc1cc2cc(C)c(C(=O)O)n2c(=O)[nH]1. The molecule has 0 radical (unpaired) electrons. The number of aromatic nitrogens is 2. The third kappa shape index (κ3) is 1.32. The largest absolute Gasteiger partial charge is 0.477 e. The van der Waals surface area contributed by atoms with E-state index in [9.17, 15) is 9.59 Å². The Bertz CT molecular complexity index is 607. The summed E-state index contributed by atoms with van der Waals surface area (Å²) in [5.41, 5.74) is 1.49.